The fraction of sp³-hybridized carbons (Fsp3) is 0.520. The summed E-state index contributed by atoms with van der Waals surface area (Å²) < 4.78 is 2.12. The number of hydrogen-bond acceptors (Lipinski definition) is 6. The van der Waals surface area contributed by atoms with Crippen molar-refractivity contribution >= 4 is 51.7 Å². The molecule has 0 atom stereocenters. The van der Waals surface area contributed by atoms with Crippen LogP contribution in [0.4, 0.5) is 5.82 Å². The molecule has 0 unspecified atom stereocenters. The molecule has 4 rings (SSSR count). The molecule has 0 spiro atoms. The van der Waals surface area contributed by atoms with E-state index in [2.05, 4.69) is 11.8 Å². The lowest BCUT2D eigenvalue weighted by Gasteiger charge is -2.33. The molecule has 1 saturated carbocycles. The number of carbonyl (C=O) groups excluding carboxylic acids is 1. The Kier molecular flexibility index (Phi) is 7.86. The zero-order valence-electron chi connectivity index (χ0n) is 19.5. The number of unbranched alkanes of at least 4 members (excludes halogenated alkanes) is 3. The summed E-state index contributed by atoms with van der Waals surface area (Å²) in [5, 5.41) is 0. The molecule has 2 aromatic rings. The van der Waals surface area contributed by atoms with E-state index in [1.807, 2.05) is 25.2 Å². The third-order valence-electron chi connectivity index (χ3n) is 6.59. The van der Waals surface area contributed by atoms with E-state index < -0.39 is 0 Å². The van der Waals surface area contributed by atoms with Crippen LogP contribution in [0.5, 0.6) is 0 Å². The van der Waals surface area contributed by atoms with Crippen molar-refractivity contribution in [3.63, 3.8) is 0 Å². The van der Waals surface area contributed by atoms with Gasteiger partial charge in [-0.25, -0.2) is 4.98 Å². The van der Waals surface area contributed by atoms with Gasteiger partial charge in [0.15, 0.2) is 0 Å². The Morgan fingerprint density at radius 1 is 1.18 bits per heavy atom. The lowest BCUT2D eigenvalue weighted by atomic mass is 9.94. The Hall–Kier alpha value is -2.19. The maximum atomic E-state index is 13.5. The van der Waals surface area contributed by atoms with E-state index in [4.69, 9.17) is 17.2 Å². The van der Waals surface area contributed by atoms with Gasteiger partial charge in [-0.15, -0.1) is 0 Å². The molecule has 2 aromatic heterocycles. The summed E-state index contributed by atoms with van der Waals surface area (Å²) in [5.41, 5.74) is 0.908. The summed E-state index contributed by atoms with van der Waals surface area (Å²) in [4.78, 5) is 35.9. The number of hydrogen-bond donors (Lipinski definition) is 0. The summed E-state index contributed by atoms with van der Waals surface area (Å²) >= 11 is 6.79. The number of thiocarbonyl (C=S) groups is 1. The van der Waals surface area contributed by atoms with Crippen molar-refractivity contribution in [1.82, 2.24) is 14.3 Å². The summed E-state index contributed by atoms with van der Waals surface area (Å²) in [7, 11) is 2.02. The Bertz CT molecular complexity index is 1120. The highest BCUT2D eigenvalue weighted by molar-refractivity contribution is 8.26. The minimum atomic E-state index is -0.161. The van der Waals surface area contributed by atoms with Crippen molar-refractivity contribution in [3.05, 3.63) is 45.2 Å². The fourth-order valence-corrected chi connectivity index (χ4v) is 5.94. The van der Waals surface area contributed by atoms with Gasteiger partial charge in [-0.3, -0.25) is 18.9 Å². The quantitative estimate of drug-likeness (QED) is 0.290. The van der Waals surface area contributed by atoms with E-state index >= 15 is 0 Å². The first-order valence-corrected chi connectivity index (χ1v) is 13.2. The number of fused-ring (bicyclic) bond motifs is 1. The zero-order chi connectivity index (χ0) is 23.4. The van der Waals surface area contributed by atoms with Crippen LogP contribution in [0.3, 0.4) is 0 Å². The third-order valence-corrected chi connectivity index (χ3v) is 7.97. The Morgan fingerprint density at radius 3 is 2.73 bits per heavy atom. The van der Waals surface area contributed by atoms with Crippen LogP contribution < -0.4 is 10.5 Å². The molecular weight excluding hydrogens is 452 g/mol. The lowest BCUT2D eigenvalue weighted by molar-refractivity contribution is -0.122. The van der Waals surface area contributed by atoms with E-state index in [1.165, 1.54) is 31.0 Å². The van der Waals surface area contributed by atoms with Crippen molar-refractivity contribution < 1.29 is 4.79 Å². The molecule has 6 nitrogen and oxygen atoms in total. The van der Waals surface area contributed by atoms with Gasteiger partial charge < -0.3 is 4.90 Å². The van der Waals surface area contributed by atoms with Gasteiger partial charge in [0.05, 0.1) is 10.5 Å². The maximum absolute atomic E-state index is 13.5. The van der Waals surface area contributed by atoms with Crippen LogP contribution in [0.15, 0.2) is 34.1 Å². The van der Waals surface area contributed by atoms with Gasteiger partial charge in [0.2, 0.25) is 0 Å². The molecule has 176 valence electrons. The number of nitrogens with zero attached hydrogens (tertiary/aromatic N) is 4. The second-order valence-electron chi connectivity index (χ2n) is 8.88. The maximum Gasteiger partial charge on any atom is 0.267 e. The van der Waals surface area contributed by atoms with Crippen LogP contribution in [-0.2, 0) is 4.79 Å². The highest BCUT2D eigenvalue weighted by atomic mass is 32.2. The smallest absolute Gasteiger partial charge is 0.267 e. The Balaban J connectivity index is 1.71. The minimum Gasteiger partial charge on any atom is -0.356 e. The first-order valence-electron chi connectivity index (χ1n) is 12.0. The Labute approximate surface area is 205 Å². The van der Waals surface area contributed by atoms with Gasteiger partial charge in [-0.2, -0.15) is 0 Å². The second-order valence-corrected chi connectivity index (χ2v) is 10.6. The molecule has 1 amide bonds. The number of rotatable bonds is 8. The number of pyridine rings is 1. The molecule has 1 aliphatic carbocycles. The monoisotopic (exact) mass is 484 g/mol. The summed E-state index contributed by atoms with van der Waals surface area (Å²) in [6.07, 6.45) is 13.6. The van der Waals surface area contributed by atoms with Crippen molar-refractivity contribution in [2.45, 2.75) is 70.8 Å². The molecule has 0 aromatic carbocycles. The SMILES string of the molecule is CCCCCCN1C(=O)/C(=C/c2c(N(C)C3CCCCC3)nc3ccccn3c2=O)SC1=S. The number of aromatic nitrogens is 2. The molecule has 2 aliphatic rings. The first kappa shape index (κ1) is 24.0. The minimum absolute atomic E-state index is 0.106. The molecule has 33 heavy (non-hydrogen) atoms. The molecular formula is C25H32N4O2S2. The van der Waals surface area contributed by atoms with Crippen molar-refractivity contribution in [2.75, 3.05) is 18.5 Å². The summed E-state index contributed by atoms with van der Waals surface area (Å²) in [6.45, 7) is 2.80. The molecule has 0 N–H and O–H groups in total. The van der Waals surface area contributed by atoms with Gasteiger partial charge in [-0.1, -0.05) is 75.5 Å². The topological polar surface area (TPSA) is 57.9 Å². The normalized spacial score (nSPS) is 18.6. The number of amides is 1. The lowest BCUT2D eigenvalue weighted by Crippen LogP contribution is -2.36. The van der Waals surface area contributed by atoms with Crippen LogP contribution in [0.2, 0.25) is 0 Å². The van der Waals surface area contributed by atoms with Crippen molar-refractivity contribution in [2.24, 2.45) is 0 Å². The average molecular weight is 485 g/mol. The van der Waals surface area contributed by atoms with E-state index in [0.717, 1.165) is 38.5 Å². The zero-order valence-corrected chi connectivity index (χ0v) is 21.1. The third kappa shape index (κ3) is 5.17. The molecule has 0 radical (unpaired) electrons. The van der Waals surface area contributed by atoms with Crippen LogP contribution in [0.25, 0.3) is 11.7 Å². The van der Waals surface area contributed by atoms with Crippen molar-refractivity contribution in [1.29, 1.82) is 0 Å². The van der Waals surface area contributed by atoms with Gasteiger partial charge in [0, 0.05) is 25.8 Å². The standard InChI is InChI=1S/C25H32N4O2S2/c1-3-4-5-10-16-29-24(31)20(33-25(29)32)17-19-22(27(2)18-12-7-6-8-13-18)26-21-14-9-11-15-28(21)23(19)30/h9,11,14-15,17-18H,3-8,10,12-13,16H2,1-2H3/b20-17-. The van der Waals surface area contributed by atoms with Gasteiger partial charge in [0.25, 0.3) is 11.5 Å². The predicted octanol–water partition coefficient (Wildman–Crippen LogP) is 5.24. The van der Waals surface area contributed by atoms with Crippen LogP contribution >= 0.6 is 24.0 Å². The molecule has 1 saturated heterocycles. The van der Waals surface area contributed by atoms with Gasteiger partial charge in [0.1, 0.15) is 15.8 Å². The van der Waals surface area contributed by atoms with Gasteiger partial charge >= 0.3 is 0 Å². The van der Waals surface area contributed by atoms with Crippen LogP contribution in [0.1, 0.15) is 70.3 Å². The average Bonchev–Trinajstić information content (AvgIpc) is 3.10. The van der Waals surface area contributed by atoms with Crippen molar-refractivity contribution in [3.8, 4) is 0 Å². The summed E-state index contributed by atoms with van der Waals surface area (Å²) in [6, 6.07) is 5.89. The largest absolute Gasteiger partial charge is 0.356 e. The second kappa shape index (κ2) is 10.8. The number of anilines is 1. The van der Waals surface area contributed by atoms with Gasteiger partial charge in [-0.05, 0) is 37.5 Å². The highest BCUT2D eigenvalue weighted by Crippen LogP contribution is 2.34. The molecule has 8 heteroatoms. The summed E-state index contributed by atoms with van der Waals surface area (Å²) in [5.74, 6) is 0.539. The molecule has 1 aliphatic heterocycles. The highest BCUT2D eigenvalue weighted by Gasteiger charge is 2.33. The van der Waals surface area contributed by atoms with E-state index in [0.29, 0.717) is 38.8 Å². The Morgan fingerprint density at radius 2 is 1.97 bits per heavy atom. The first-order chi connectivity index (χ1) is 16.0. The van der Waals surface area contributed by atoms with E-state index in [1.54, 1.807) is 21.6 Å². The fourth-order valence-electron chi connectivity index (χ4n) is 4.65. The molecule has 3 heterocycles. The molecule has 0 bridgehead atoms. The predicted molar refractivity (Wildman–Crippen MR) is 141 cm³/mol. The number of carbonyl (C=O) groups is 1. The van der Waals surface area contributed by atoms with E-state index in [9.17, 15) is 9.59 Å². The molecule has 2 fully saturated rings. The number of thioether (sulfide) groups is 1. The van der Waals surface area contributed by atoms with E-state index in [-0.39, 0.29) is 11.5 Å². The van der Waals surface area contributed by atoms with Crippen LogP contribution in [0, 0.1) is 0 Å². The van der Waals surface area contributed by atoms with Crippen LogP contribution in [-0.4, -0.2) is 44.1 Å².